The molecule has 4 heteroatoms. The maximum atomic E-state index is 12.6. The predicted octanol–water partition coefficient (Wildman–Crippen LogP) is 3.67. The van der Waals surface area contributed by atoms with Gasteiger partial charge >= 0.3 is 0 Å². The third kappa shape index (κ3) is 3.00. The Bertz CT molecular complexity index is 863. The fourth-order valence-corrected chi connectivity index (χ4v) is 3.09. The van der Waals surface area contributed by atoms with Crippen LogP contribution < -0.4 is 5.56 Å². The molecule has 0 atom stereocenters. The molecule has 0 N–H and O–H groups in total. The Labute approximate surface area is 136 Å². The third-order valence-electron chi connectivity index (χ3n) is 3.42. The van der Waals surface area contributed by atoms with Crippen molar-refractivity contribution in [2.24, 2.45) is 0 Å². The Morgan fingerprint density at radius 1 is 1.10 bits per heavy atom. The first-order valence-corrected chi connectivity index (χ1v) is 7.83. The van der Waals surface area contributed by atoms with E-state index in [1.807, 2.05) is 18.2 Å². The Hall–Kier alpha value is -1.69. The van der Waals surface area contributed by atoms with Crippen molar-refractivity contribution in [2.75, 3.05) is 0 Å². The minimum absolute atomic E-state index is 0.0117. The summed E-state index contributed by atoms with van der Waals surface area (Å²) >= 11 is 2.21. The average molecular weight is 390 g/mol. The van der Waals surface area contributed by atoms with Gasteiger partial charge in [0.15, 0.2) is 0 Å². The molecule has 106 valence electrons. The highest BCUT2D eigenvalue weighted by Crippen LogP contribution is 2.13. The van der Waals surface area contributed by atoms with Crippen LogP contribution in [0.15, 0.2) is 47.5 Å². The topological polar surface area (TPSA) is 34.9 Å². The smallest absolute Gasteiger partial charge is 0.261 e. The average Bonchev–Trinajstić information content (AvgIpc) is 2.41. The SMILES string of the molecule is Cc1cc(C)cc(Cn2cnc3ccc(I)cc3c2=O)c1. The van der Waals surface area contributed by atoms with Crippen LogP contribution in [0.3, 0.4) is 0 Å². The van der Waals surface area contributed by atoms with Crippen molar-refractivity contribution in [3.8, 4) is 0 Å². The van der Waals surface area contributed by atoms with Gasteiger partial charge in [-0.15, -0.1) is 0 Å². The van der Waals surface area contributed by atoms with E-state index in [9.17, 15) is 4.79 Å². The van der Waals surface area contributed by atoms with Gasteiger partial charge in [0.1, 0.15) is 0 Å². The molecule has 0 radical (unpaired) electrons. The molecule has 0 aliphatic heterocycles. The van der Waals surface area contributed by atoms with Crippen molar-refractivity contribution in [3.63, 3.8) is 0 Å². The number of nitrogens with zero attached hydrogens (tertiary/aromatic N) is 2. The number of hydrogen-bond acceptors (Lipinski definition) is 2. The van der Waals surface area contributed by atoms with Crippen molar-refractivity contribution in [1.29, 1.82) is 0 Å². The normalized spacial score (nSPS) is 11.0. The molecule has 0 unspecified atom stereocenters. The molecule has 0 saturated carbocycles. The molecule has 21 heavy (non-hydrogen) atoms. The molecule has 0 spiro atoms. The number of fused-ring (bicyclic) bond motifs is 1. The van der Waals surface area contributed by atoms with Crippen LogP contribution in [0.1, 0.15) is 16.7 Å². The summed E-state index contributed by atoms with van der Waals surface area (Å²) in [6.45, 7) is 4.69. The summed E-state index contributed by atoms with van der Waals surface area (Å²) in [5.41, 5.74) is 4.30. The molecule has 2 aromatic carbocycles. The van der Waals surface area contributed by atoms with Gasteiger partial charge in [-0.2, -0.15) is 0 Å². The zero-order chi connectivity index (χ0) is 15.0. The van der Waals surface area contributed by atoms with Crippen molar-refractivity contribution < 1.29 is 0 Å². The third-order valence-corrected chi connectivity index (χ3v) is 4.09. The molecule has 0 saturated heterocycles. The zero-order valence-corrected chi connectivity index (χ0v) is 14.1. The Kier molecular flexibility index (Phi) is 3.80. The van der Waals surface area contributed by atoms with Gasteiger partial charge in [-0.3, -0.25) is 9.36 Å². The molecular weight excluding hydrogens is 375 g/mol. The second-order valence-electron chi connectivity index (χ2n) is 5.34. The molecule has 0 bridgehead atoms. The van der Waals surface area contributed by atoms with E-state index < -0.39 is 0 Å². The van der Waals surface area contributed by atoms with Gasteiger partial charge in [0, 0.05) is 3.57 Å². The molecule has 1 aromatic heterocycles. The van der Waals surface area contributed by atoms with E-state index in [-0.39, 0.29) is 5.56 Å². The van der Waals surface area contributed by atoms with E-state index in [0.717, 1.165) is 14.7 Å². The van der Waals surface area contributed by atoms with Crippen LogP contribution >= 0.6 is 22.6 Å². The molecule has 1 heterocycles. The van der Waals surface area contributed by atoms with E-state index in [1.165, 1.54) is 11.1 Å². The van der Waals surface area contributed by atoms with E-state index in [2.05, 4.69) is 59.6 Å². The second kappa shape index (κ2) is 5.60. The lowest BCUT2D eigenvalue weighted by atomic mass is 10.1. The van der Waals surface area contributed by atoms with E-state index in [0.29, 0.717) is 11.9 Å². The lowest BCUT2D eigenvalue weighted by molar-refractivity contribution is 0.747. The number of hydrogen-bond donors (Lipinski definition) is 0. The van der Waals surface area contributed by atoms with Crippen molar-refractivity contribution in [2.45, 2.75) is 20.4 Å². The summed E-state index contributed by atoms with van der Waals surface area (Å²) in [7, 11) is 0. The van der Waals surface area contributed by atoms with Gasteiger partial charge in [0.25, 0.3) is 5.56 Å². The Morgan fingerprint density at radius 2 is 1.81 bits per heavy atom. The van der Waals surface area contributed by atoms with Crippen LogP contribution in [-0.4, -0.2) is 9.55 Å². The fraction of sp³-hybridized carbons (Fsp3) is 0.176. The highest BCUT2D eigenvalue weighted by molar-refractivity contribution is 14.1. The van der Waals surface area contributed by atoms with Crippen molar-refractivity contribution in [3.05, 3.63) is 73.3 Å². The lowest BCUT2D eigenvalue weighted by Gasteiger charge is -2.09. The number of aryl methyl sites for hydroxylation is 2. The van der Waals surface area contributed by atoms with Crippen LogP contribution in [0.5, 0.6) is 0 Å². The van der Waals surface area contributed by atoms with Crippen LogP contribution in [0, 0.1) is 17.4 Å². The summed E-state index contributed by atoms with van der Waals surface area (Å²) in [6.07, 6.45) is 1.63. The first-order chi connectivity index (χ1) is 10.0. The van der Waals surface area contributed by atoms with E-state index >= 15 is 0 Å². The van der Waals surface area contributed by atoms with Gasteiger partial charge in [-0.25, -0.2) is 4.98 Å². The highest BCUT2D eigenvalue weighted by Gasteiger charge is 2.06. The van der Waals surface area contributed by atoms with Crippen LogP contribution in [0.25, 0.3) is 10.9 Å². The van der Waals surface area contributed by atoms with Crippen LogP contribution in [0.2, 0.25) is 0 Å². The van der Waals surface area contributed by atoms with Gasteiger partial charge in [0.2, 0.25) is 0 Å². The minimum atomic E-state index is 0.0117. The van der Waals surface area contributed by atoms with Gasteiger partial charge < -0.3 is 0 Å². The predicted molar refractivity (Wildman–Crippen MR) is 93.7 cm³/mol. The number of rotatable bonds is 2. The van der Waals surface area contributed by atoms with Gasteiger partial charge in [0.05, 0.1) is 23.8 Å². The molecule has 0 amide bonds. The molecule has 3 rings (SSSR count). The van der Waals surface area contributed by atoms with Crippen LogP contribution in [0.4, 0.5) is 0 Å². The number of aromatic nitrogens is 2. The van der Waals surface area contributed by atoms with E-state index in [1.54, 1.807) is 10.9 Å². The highest BCUT2D eigenvalue weighted by atomic mass is 127. The number of benzene rings is 2. The van der Waals surface area contributed by atoms with Crippen LogP contribution in [-0.2, 0) is 6.54 Å². The molecule has 3 nitrogen and oxygen atoms in total. The first-order valence-electron chi connectivity index (χ1n) is 6.75. The number of halogens is 1. The summed E-state index contributed by atoms with van der Waals surface area (Å²) in [5.74, 6) is 0. The Morgan fingerprint density at radius 3 is 2.52 bits per heavy atom. The maximum Gasteiger partial charge on any atom is 0.261 e. The maximum absolute atomic E-state index is 12.6. The lowest BCUT2D eigenvalue weighted by Crippen LogP contribution is -2.21. The molecule has 0 aliphatic rings. The molecule has 3 aromatic rings. The van der Waals surface area contributed by atoms with E-state index in [4.69, 9.17) is 0 Å². The first kappa shape index (κ1) is 14.3. The summed E-state index contributed by atoms with van der Waals surface area (Å²) in [5, 5.41) is 0.675. The summed E-state index contributed by atoms with van der Waals surface area (Å²) in [6, 6.07) is 12.1. The standard InChI is InChI=1S/C17H15IN2O/c1-11-5-12(2)7-13(6-11)9-20-10-19-16-4-3-14(18)8-15(16)17(20)21/h3-8,10H,9H2,1-2H3. The Balaban J connectivity index is 2.08. The largest absolute Gasteiger partial charge is 0.294 e. The zero-order valence-electron chi connectivity index (χ0n) is 11.9. The molecule has 0 fully saturated rings. The summed E-state index contributed by atoms with van der Waals surface area (Å²) < 4.78 is 2.72. The van der Waals surface area contributed by atoms with Crippen molar-refractivity contribution in [1.82, 2.24) is 9.55 Å². The second-order valence-corrected chi connectivity index (χ2v) is 6.58. The minimum Gasteiger partial charge on any atom is -0.294 e. The van der Waals surface area contributed by atoms with Gasteiger partial charge in [-0.05, 0) is 60.2 Å². The monoisotopic (exact) mass is 390 g/mol. The quantitative estimate of drug-likeness (QED) is 0.626. The molecular formula is C17H15IN2O. The molecule has 0 aliphatic carbocycles. The summed E-state index contributed by atoms with van der Waals surface area (Å²) in [4.78, 5) is 17.0. The van der Waals surface area contributed by atoms with Crippen molar-refractivity contribution >= 4 is 33.5 Å². The fourth-order valence-electron chi connectivity index (χ4n) is 2.60. The van der Waals surface area contributed by atoms with Gasteiger partial charge in [-0.1, -0.05) is 29.3 Å².